The SMILES string of the molecule is CCNCc1ccc(CN(C)c2cccc(OC)c2)cc1. The highest BCUT2D eigenvalue weighted by Crippen LogP contribution is 2.21. The first-order valence-electron chi connectivity index (χ1n) is 7.36. The van der Waals surface area contributed by atoms with E-state index < -0.39 is 0 Å². The molecule has 2 aromatic carbocycles. The maximum Gasteiger partial charge on any atom is 0.120 e. The van der Waals surface area contributed by atoms with Crippen LogP contribution >= 0.6 is 0 Å². The Hall–Kier alpha value is -2.00. The fourth-order valence-corrected chi connectivity index (χ4v) is 2.24. The summed E-state index contributed by atoms with van der Waals surface area (Å²) in [5, 5.41) is 3.34. The lowest BCUT2D eigenvalue weighted by Gasteiger charge is -2.20. The van der Waals surface area contributed by atoms with Crippen molar-refractivity contribution in [1.82, 2.24) is 5.32 Å². The van der Waals surface area contributed by atoms with Gasteiger partial charge in [0.2, 0.25) is 0 Å². The fraction of sp³-hybridized carbons (Fsp3) is 0.333. The second-order valence-electron chi connectivity index (χ2n) is 5.15. The van der Waals surface area contributed by atoms with E-state index in [1.807, 2.05) is 12.1 Å². The van der Waals surface area contributed by atoms with Crippen LogP contribution in [0.4, 0.5) is 5.69 Å². The molecule has 3 nitrogen and oxygen atoms in total. The molecule has 0 amide bonds. The molecule has 21 heavy (non-hydrogen) atoms. The standard InChI is InChI=1S/C18H24N2O/c1-4-19-13-15-8-10-16(11-9-15)14-20(2)17-6-5-7-18(12-17)21-3/h5-12,19H,4,13-14H2,1-3H3. The summed E-state index contributed by atoms with van der Waals surface area (Å²) in [6.07, 6.45) is 0. The van der Waals surface area contributed by atoms with Crippen molar-refractivity contribution in [3.63, 3.8) is 0 Å². The Balaban J connectivity index is 1.99. The molecule has 0 aliphatic heterocycles. The molecule has 2 aromatic rings. The van der Waals surface area contributed by atoms with Gasteiger partial charge >= 0.3 is 0 Å². The van der Waals surface area contributed by atoms with Gasteiger partial charge in [-0.05, 0) is 29.8 Å². The summed E-state index contributed by atoms with van der Waals surface area (Å²) >= 11 is 0. The number of nitrogens with zero attached hydrogens (tertiary/aromatic N) is 1. The zero-order valence-corrected chi connectivity index (χ0v) is 13.1. The van der Waals surface area contributed by atoms with E-state index in [9.17, 15) is 0 Å². The van der Waals surface area contributed by atoms with E-state index in [1.165, 1.54) is 11.1 Å². The van der Waals surface area contributed by atoms with E-state index in [0.717, 1.165) is 31.1 Å². The quantitative estimate of drug-likeness (QED) is 0.843. The predicted molar refractivity (Wildman–Crippen MR) is 88.9 cm³/mol. The van der Waals surface area contributed by atoms with Gasteiger partial charge in [-0.3, -0.25) is 0 Å². The van der Waals surface area contributed by atoms with Crippen molar-refractivity contribution < 1.29 is 4.74 Å². The fourth-order valence-electron chi connectivity index (χ4n) is 2.24. The average molecular weight is 284 g/mol. The molecule has 0 unspecified atom stereocenters. The first kappa shape index (κ1) is 15.4. The lowest BCUT2D eigenvalue weighted by atomic mass is 10.1. The number of nitrogens with one attached hydrogen (secondary N) is 1. The molecule has 1 N–H and O–H groups in total. The predicted octanol–water partition coefficient (Wildman–Crippen LogP) is 3.44. The molecule has 0 spiro atoms. The molecule has 0 aliphatic rings. The van der Waals surface area contributed by atoms with Gasteiger partial charge in [-0.25, -0.2) is 0 Å². The van der Waals surface area contributed by atoms with E-state index in [4.69, 9.17) is 4.74 Å². The molecular formula is C18H24N2O. The minimum atomic E-state index is 0.884. The van der Waals surface area contributed by atoms with Gasteiger partial charge < -0.3 is 15.0 Å². The van der Waals surface area contributed by atoms with Crippen LogP contribution in [0.3, 0.4) is 0 Å². The minimum Gasteiger partial charge on any atom is -0.497 e. The summed E-state index contributed by atoms with van der Waals surface area (Å²) in [7, 11) is 3.80. The van der Waals surface area contributed by atoms with Crippen molar-refractivity contribution in [3.8, 4) is 5.75 Å². The van der Waals surface area contributed by atoms with Gasteiger partial charge in [-0.15, -0.1) is 0 Å². The van der Waals surface area contributed by atoms with E-state index >= 15 is 0 Å². The van der Waals surface area contributed by atoms with Crippen molar-refractivity contribution >= 4 is 5.69 Å². The molecule has 0 radical (unpaired) electrons. The second-order valence-corrected chi connectivity index (χ2v) is 5.15. The van der Waals surface area contributed by atoms with Crippen LogP contribution < -0.4 is 15.0 Å². The van der Waals surface area contributed by atoms with Crippen LogP contribution in [0, 0.1) is 0 Å². The molecule has 0 saturated carbocycles. The lowest BCUT2D eigenvalue weighted by molar-refractivity contribution is 0.415. The van der Waals surface area contributed by atoms with Crippen molar-refractivity contribution in [1.29, 1.82) is 0 Å². The Kier molecular flexibility index (Phi) is 5.64. The Labute approximate surface area is 127 Å². The lowest BCUT2D eigenvalue weighted by Crippen LogP contribution is -2.16. The summed E-state index contributed by atoms with van der Waals surface area (Å²) in [4.78, 5) is 2.22. The average Bonchev–Trinajstić information content (AvgIpc) is 2.54. The third-order valence-electron chi connectivity index (χ3n) is 3.52. The van der Waals surface area contributed by atoms with E-state index in [2.05, 4.69) is 60.6 Å². The first-order valence-corrected chi connectivity index (χ1v) is 7.36. The molecule has 0 saturated heterocycles. The van der Waals surface area contributed by atoms with Gasteiger partial charge in [0, 0.05) is 31.9 Å². The number of ether oxygens (including phenoxy) is 1. The van der Waals surface area contributed by atoms with Crippen LogP contribution in [0.2, 0.25) is 0 Å². The van der Waals surface area contributed by atoms with Gasteiger partial charge in [0.15, 0.2) is 0 Å². The summed E-state index contributed by atoms with van der Waals surface area (Å²) in [5.41, 5.74) is 3.79. The van der Waals surface area contributed by atoms with Crippen LogP contribution in [0.25, 0.3) is 0 Å². The molecule has 0 aromatic heterocycles. The largest absolute Gasteiger partial charge is 0.497 e. The molecule has 3 heteroatoms. The molecule has 0 fully saturated rings. The molecular weight excluding hydrogens is 260 g/mol. The zero-order valence-electron chi connectivity index (χ0n) is 13.1. The maximum absolute atomic E-state index is 5.27. The molecule has 0 atom stereocenters. The van der Waals surface area contributed by atoms with Crippen LogP contribution in [-0.4, -0.2) is 20.7 Å². The number of benzene rings is 2. The van der Waals surface area contributed by atoms with Crippen LogP contribution in [0.15, 0.2) is 48.5 Å². The normalized spacial score (nSPS) is 10.4. The van der Waals surface area contributed by atoms with E-state index in [0.29, 0.717) is 0 Å². The Morgan fingerprint density at radius 3 is 2.43 bits per heavy atom. The Morgan fingerprint density at radius 1 is 1.05 bits per heavy atom. The molecule has 2 rings (SSSR count). The summed E-state index contributed by atoms with van der Waals surface area (Å²) in [6.45, 7) is 4.94. The number of methoxy groups -OCH3 is 1. The third kappa shape index (κ3) is 4.50. The summed E-state index contributed by atoms with van der Waals surface area (Å²) in [6, 6.07) is 16.9. The van der Waals surface area contributed by atoms with Crippen LogP contribution in [-0.2, 0) is 13.1 Å². The molecule has 0 aliphatic carbocycles. The van der Waals surface area contributed by atoms with E-state index in [1.54, 1.807) is 7.11 Å². The summed E-state index contributed by atoms with van der Waals surface area (Å²) < 4.78 is 5.27. The smallest absolute Gasteiger partial charge is 0.120 e. The molecule has 0 heterocycles. The highest BCUT2D eigenvalue weighted by atomic mass is 16.5. The third-order valence-corrected chi connectivity index (χ3v) is 3.52. The minimum absolute atomic E-state index is 0.884. The van der Waals surface area contributed by atoms with Crippen molar-refractivity contribution in [2.75, 3.05) is 25.6 Å². The summed E-state index contributed by atoms with van der Waals surface area (Å²) in [5.74, 6) is 0.889. The second kappa shape index (κ2) is 7.70. The van der Waals surface area contributed by atoms with Gasteiger partial charge in [0.05, 0.1) is 7.11 Å². The first-order chi connectivity index (χ1) is 10.2. The number of hydrogen-bond acceptors (Lipinski definition) is 3. The van der Waals surface area contributed by atoms with Gasteiger partial charge in [0.25, 0.3) is 0 Å². The molecule has 0 bridgehead atoms. The van der Waals surface area contributed by atoms with Crippen LogP contribution in [0.1, 0.15) is 18.1 Å². The maximum atomic E-state index is 5.27. The molecule has 112 valence electrons. The van der Waals surface area contributed by atoms with Gasteiger partial charge in [-0.2, -0.15) is 0 Å². The highest BCUT2D eigenvalue weighted by Gasteiger charge is 2.03. The topological polar surface area (TPSA) is 24.5 Å². The zero-order chi connectivity index (χ0) is 15.1. The Morgan fingerprint density at radius 2 is 1.76 bits per heavy atom. The van der Waals surface area contributed by atoms with Crippen LogP contribution in [0.5, 0.6) is 5.75 Å². The number of anilines is 1. The highest BCUT2D eigenvalue weighted by molar-refractivity contribution is 5.50. The number of rotatable bonds is 7. The van der Waals surface area contributed by atoms with E-state index in [-0.39, 0.29) is 0 Å². The van der Waals surface area contributed by atoms with Crippen molar-refractivity contribution in [2.24, 2.45) is 0 Å². The Bertz CT molecular complexity index is 551. The number of hydrogen-bond donors (Lipinski definition) is 1. The van der Waals surface area contributed by atoms with Crippen molar-refractivity contribution in [2.45, 2.75) is 20.0 Å². The van der Waals surface area contributed by atoms with Gasteiger partial charge in [0.1, 0.15) is 5.75 Å². The monoisotopic (exact) mass is 284 g/mol. The van der Waals surface area contributed by atoms with Gasteiger partial charge in [-0.1, -0.05) is 37.3 Å². The van der Waals surface area contributed by atoms with Crippen molar-refractivity contribution in [3.05, 3.63) is 59.7 Å².